The molecule has 5 nitrogen and oxygen atoms in total. The van der Waals surface area contributed by atoms with Crippen LogP contribution >= 0.6 is 0 Å². The van der Waals surface area contributed by atoms with E-state index in [0.29, 0.717) is 19.0 Å². The Morgan fingerprint density at radius 3 is 2.95 bits per heavy atom. The minimum absolute atomic E-state index is 0.00986. The maximum absolute atomic E-state index is 12.4. The van der Waals surface area contributed by atoms with E-state index < -0.39 is 0 Å². The van der Waals surface area contributed by atoms with Crippen molar-refractivity contribution < 1.29 is 14.3 Å². The van der Waals surface area contributed by atoms with Crippen molar-refractivity contribution in [3.63, 3.8) is 0 Å². The summed E-state index contributed by atoms with van der Waals surface area (Å²) in [5, 5.41) is 3.48. The first-order chi connectivity index (χ1) is 9.29. The van der Waals surface area contributed by atoms with Gasteiger partial charge >= 0.3 is 0 Å². The minimum atomic E-state index is -0.00986. The highest BCUT2D eigenvalue weighted by Gasteiger charge is 2.39. The highest BCUT2D eigenvalue weighted by molar-refractivity contribution is 5.91. The SMILES string of the molecule is O=C(C1=COCCO1)N1CCCC2(CCCNC2)C1. The van der Waals surface area contributed by atoms with Gasteiger partial charge in [-0.1, -0.05) is 0 Å². The van der Waals surface area contributed by atoms with Gasteiger partial charge in [-0.2, -0.15) is 0 Å². The van der Waals surface area contributed by atoms with E-state index in [1.165, 1.54) is 25.5 Å². The molecule has 2 fully saturated rings. The smallest absolute Gasteiger partial charge is 0.292 e. The number of ether oxygens (including phenoxy) is 2. The van der Waals surface area contributed by atoms with Gasteiger partial charge in [0.15, 0.2) is 0 Å². The van der Waals surface area contributed by atoms with Crippen molar-refractivity contribution in [2.45, 2.75) is 25.7 Å². The Bertz CT molecular complexity index is 369. The van der Waals surface area contributed by atoms with E-state index in [4.69, 9.17) is 9.47 Å². The van der Waals surface area contributed by atoms with Crippen LogP contribution in [0.2, 0.25) is 0 Å². The number of likely N-dealkylation sites (tertiary alicyclic amines) is 1. The second kappa shape index (κ2) is 5.41. The lowest BCUT2D eigenvalue weighted by atomic mass is 9.74. The quantitative estimate of drug-likeness (QED) is 0.765. The van der Waals surface area contributed by atoms with Gasteiger partial charge in [0, 0.05) is 25.0 Å². The topological polar surface area (TPSA) is 50.8 Å². The molecule has 3 aliphatic rings. The summed E-state index contributed by atoms with van der Waals surface area (Å²) in [4.78, 5) is 14.4. The van der Waals surface area contributed by atoms with Gasteiger partial charge in [0.05, 0.1) is 0 Å². The van der Waals surface area contributed by atoms with E-state index in [9.17, 15) is 4.79 Å². The fraction of sp³-hybridized carbons (Fsp3) is 0.786. The van der Waals surface area contributed by atoms with Gasteiger partial charge in [-0.25, -0.2) is 0 Å². The third-order valence-electron chi connectivity index (χ3n) is 4.37. The van der Waals surface area contributed by atoms with Crippen LogP contribution in [0.4, 0.5) is 0 Å². The van der Waals surface area contributed by atoms with E-state index in [2.05, 4.69) is 5.32 Å². The van der Waals surface area contributed by atoms with E-state index in [0.717, 1.165) is 32.6 Å². The number of nitrogens with one attached hydrogen (secondary N) is 1. The second-order valence-electron chi connectivity index (χ2n) is 5.81. The Balaban J connectivity index is 1.67. The molecule has 0 bridgehead atoms. The number of carbonyl (C=O) groups is 1. The van der Waals surface area contributed by atoms with Crippen molar-refractivity contribution >= 4 is 5.91 Å². The van der Waals surface area contributed by atoms with Crippen LogP contribution in [0.25, 0.3) is 0 Å². The molecule has 1 unspecified atom stereocenters. The molecule has 1 spiro atoms. The first-order valence-corrected chi connectivity index (χ1v) is 7.24. The predicted octanol–water partition coefficient (Wildman–Crippen LogP) is 0.867. The van der Waals surface area contributed by atoms with Gasteiger partial charge in [-0.05, 0) is 32.2 Å². The summed E-state index contributed by atoms with van der Waals surface area (Å²) < 4.78 is 10.6. The van der Waals surface area contributed by atoms with E-state index in [1.54, 1.807) is 0 Å². The summed E-state index contributed by atoms with van der Waals surface area (Å²) in [6, 6.07) is 0. The zero-order valence-electron chi connectivity index (χ0n) is 11.3. The molecule has 0 radical (unpaired) electrons. The normalized spacial score (nSPS) is 31.4. The fourth-order valence-electron chi connectivity index (χ4n) is 3.40. The number of nitrogens with zero attached hydrogens (tertiary/aromatic N) is 1. The Hall–Kier alpha value is -1.23. The lowest BCUT2D eigenvalue weighted by Gasteiger charge is -2.45. The Kier molecular flexibility index (Phi) is 3.64. The molecule has 0 saturated carbocycles. The molecule has 19 heavy (non-hydrogen) atoms. The number of piperidine rings is 2. The summed E-state index contributed by atoms with van der Waals surface area (Å²) in [5.41, 5.74) is 0.280. The van der Waals surface area contributed by atoms with E-state index >= 15 is 0 Å². The largest absolute Gasteiger partial charge is 0.494 e. The lowest BCUT2D eigenvalue weighted by molar-refractivity contribution is -0.136. The maximum atomic E-state index is 12.4. The summed E-state index contributed by atoms with van der Waals surface area (Å²) in [6.45, 7) is 4.83. The maximum Gasteiger partial charge on any atom is 0.292 e. The van der Waals surface area contributed by atoms with Crippen LogP contribution in [0, 0.1) is 5.41 Å². The first kappa shape index (κ1) is 12.8. The average Bonchev–Trinajstić information content (AvgIpc) is 2.48. The molecule has 0 aromatic carbocycles. The predicted molar refractivity (Wildman–Crippen MR) is 70.3 cm³/mol. The van der Waals surface area contributed by atoms with Gasteiger partial charge in [-0.15, -0.1) is 0 Å². The van der Waals surface area contributed by atoms with Crippen LogP contribution in [0.3, 0.4) is 0 Å². The molecule has 0 aromatic heterocycles. The van der Waals surface area contributed by atoms with Gasteiger partial charge in [0.2, 0.25) is 5.76 Å². The van der Waals surface area contributed by atoms with E-state index in [1.807, 2.05) is 4.90 Å². The lowest BCUT2D eigenvalue weighted by Crippen LogP contribution is -2.53. The van der Waals surface area contributed by atoms with Gasteiger partial charge in [0.25, 0.3) is 5.91 Å². The molecular weight excluding hydrogens is 244 g/mol. The zero-order chi connectivity index (χ0) is 13.1. The summed E-state index contributed by atoms with van der Waals surface area (Å²) in [7, 11) is 0. The van der Waals surface area contributed by atoms with Crippen LogP contribution in [0.1, 0.15) is 25.7 Å². The summed E-state index contributed by atoms with van der Waals surface area (Å²) in [5.74, 6) is 0.358. The van der Waals surface area contributed by atoms with Crippen LogP contribution in [-0.2, 0) is 14.3 Å². The molecule has 5 heteroatoms. The van der Waals surface area contributed by atoms with Crippen LogP contribution in [0.15, 0.2) is 12.0 Å². The van der Waals surface area contributed by atoms with Gasteiger partial charge in [0.1, 0.15) is 19.5 Å². The van der Waals surface area contributed by atoms with Crippen LogP contribution in [-0.4, -0.2) is 50.2 Å². The molecule has 1 atom stereocenters. The number of hydrogen-bond donors (Lipinski definition) is 1. The molecule has 3 heterocycles. The molecule has 3 aliphatic heterocycles. The molecule has 3 rings (SSSR count). The molecule has 1 N–H and O–H groups in total. The molecule has 0 aromatic rings. The number of hydrogen-bond acceptors (Lipinski definition) is 4. The zero-order valence-corrected chi connectivity index (χ0v) is 11.3. The van der Waals surface area contributed by atoms with Crippen molar-refractivity contribution in [1.82, 2.24) is 10.2 Å². The second-order valence-corrected chi connectivity index (χ2v) is 5.81. The van der Waals surface area contributed by atoms with E-state index in [-0.39, 0.29) is 11.3 Å². The molecule has 0 aliphatic carbocycles. The number of amides is 1. The van der Waals surface area contributed by atoms with Gasteiger partial charge in [-0.3, -0.25) is 4.79 Å². The molecular formula is C14H22N2O3. The van der Waals surface area contributed by atoms with Crippen LogP contribution < -0.4 is 5.32 Å². The highest BCUT2D eigenvalue weighted by Crippen LogP contribution is 2.36. The van der Waals surface area contributed by atoms with Crippen molar-refractivity contribution in [3.8, 4) is 0 Å². The summed E-state index contributed by atoms with van der Waals surface area (Å²) in [6.07, 6.45) is 6.21. The number of carbonyl (C=O) groups excluding carboxylic acids is 1. The Labute approximate surface area is 113 Å². The summed E-state index contributed by atoms with van der Waals surface area (Å²) >= 11 is 0. The van der Waals surface area contributed by atoms with Crippen LogP contribution in [0.5, 0.6) is 0 Å². The molecule has 106 valence electrons. The molecule has 2 saturated heterocycles. The number of rotatable bonds is 1. The fourth-order valence-corrected chi connectivity index (χ4v) is 3.40. The minimum Gasteiger partial charge on any atom is -0.494 e. The standard InChI is InChI=1S/C14H22N2O3/c17-13(12-9-18-7-8-19-12)16-6-2-4-14(11-16)3-1-5-15-10-14/h9,15H,1-8,10-11H2. The van der Waals surface area contributed by atoms with Crippen molar-refractivity contribution in [1.29, 1.82) is 0 Å². The van der Waals surface area contributed by atoms with Crippen molar-refractivity contribution in [2.24, 2.45) is 5.41 Å². The highest BCUT2D eigenvalue weighted by atomic mass is 16.6. The third kappa shape index (κ3) is 2.71. The van der Waals surface area contributed by atoms with Gasteiger partial charge < -0.3 is 19.7 Å². The third-order valence-corrected chi connectivity index (χ3v) is 4.37. The Morgan fingerprint density at radius 2 is 2.21 bits per heavy atom. The average molecular weight is 266 g/mol. The molecule has 1 amide bonds. The monoisotopic (exact) mass is 266 g/mol. The van der Waals surface area contributed by atoms with Crippen molar-refractivity contribution in [2.75, 3.05) is 39.4 Å². The van der Waals surface area contributed by atoms with Crippen molar-refractivity contribution in [3.05, 3.63) is 12.0 Å². The first-order valence-electron chi connectivity index (χ1n) is 7.24. The Morgan fingerprint density at radius 1 is 1.32 bits per heavy atom.